The van der Waals surface area contributed by atoms with Crippen molar-refractivity contribution in [1.29, 1.82) is 0 Å². The van der Waals surface area contributed by atoms with Crippen molar-refractivity contribution in [2.75, 3.05) is 11.4 Å². The van der Waals surface area contributed by atoms with E-state index in [0.29, 0.717) is 0 Å². The van der Waals surface area contributed by atoms with Gasteiger partial charge >= 0.3 is 6.03 Å². The highest BCUT2D eigenvalue weighted by atomic mass is 35.5. The lowest BCUT2D eigenvalue weighted by Crippen LogP contribution is -2.35. The Kier molecular flexibility index (Phi) is 3.59. The van der Waals surface area contributed by atoms with Crippen molar-refractivity contribution in [3.63, 3.8) is 0 Å². The zero-order valence-electron chi connectivity index (χ0n) is 9.60. The van der Waals surface area contributed by atoms with Gasteiger partial charge in [0, 0.05) is 10.0 Å². The number of amides is 4. The molecule has 1 aromatic carbocycles. The number of nitrogens with zero attached hydrogens (tertiary/aromatic N) is 2. The smallest absolute Gasteiger partial charge is 0.272 e. The second-order valence-electron chi connectivity index (χ2n) is 3.77. The molecule has 19 heavy (non-hydrogen) atoms. The Bertz CT molecular complexity index is 580. The highest BCUT2D eigenvalue weighted by molar-refractivity contribution is 6.35. The van der Waals surface area contributed by atoms with Crippen molar-refractivity contribution in [3.05, 3.63) is 40.9 Å². The Balaban J connectivity index is 2.40. The van der Waals surface area contributed by atoms with E-state index in [-0.39, 0.29) is 22.3 Å². The van der Waals surface area contributed by atoms with Gasteiger partial charge in [0.25, 0.3) is 11.8 Å². The van der Waals surface area contributed by atoms with Gasteiger partial charge in [0.2, 0.25) is 0 Å². The van der Waals surface area contributed by atoms with Gasteiger partial charge in [0.1, 0.15) is 6.54 Å². The van der Waals surface area contributed by atoms with Crippen LogP contribution in [0.2, 0.25) is 10.0 Å². The SMILES string of the molecule is C=CC(=O)N1CC(=O)N(c2cc(Cl)cc(Cl)c2)C1=O. The average Bonchev–Trinajstić information content (AvgIpc) is 2.62. The molecular formula is C12H8Cl2N2O3. The largest absolute Gasteiger partial charge is 0.338 e. The van der Waals surface area contributed by atoms with Crippen LogP contribution in [0.25, 0.3) is 0 Å². The van der Waals surface area contributed by atoms with Gasteiger partial charge in [0.05, 0.1) is 5.69 Å². The number of hydrogen-bond donors (Lipinski definition) is 0. The molecule has 1 heterocycles. The number of anilines is 1. The fraction of sp³-hybridized carbons (Fsp3) is 0.0833. The third-order valence-electron chi connectivity index (χ3n) is 2.51. The first kappa shape index (κ1) is 13.6. The number of rotatable bonds is 2. The molecule has 7 heteroatoms. The molecule has 0 bridgehead atoms. The van der Waals surface area contributed by atoms with Crippen molar-refractivity contribution in [1.82, 2.24) is 4.90 Å². The minimum atomic E-state index is -0.742. The molecule has 0 aliphatic carbocycles. The monoisotopic (exact) mass is 298 g/mol. The van der Waals surface area contributed by atoms with E-state index in [1.807, 2.05) is 0 Å². The summed E-state index contributed by atoms with van der Waals surface area (Å²) in [5.41, 5.74) is 0.229. The molecule has 1 fully saturated rings. The molecule has 0 N–H and O–H groups in total. The predicted molar refractivity (Wildman–Crippen MR) is 71.3 cm³/mol. The van der Waals surface area contributed by atoms with Crippen LogP contribution in [0.4, 0.5) is 10.5 Å². The van der Waals surface area contributed by atoms with E-state index in [9.17, 15) is 14.4 Å². The second-order valence-corrected chi connectivity index (χ2v) is 4.64. The first-order valence-electron chi connectivity index (χ1n) is 5.21. The molecule has 0 radical (unpaired) electrons. The van der Waals surface area contributed by atoms with Crippen LogP contribution in [0, 0.1) is 0 Å². The summed E-state index contributed by atoms with van der Waals surface area (Å²) in [5, 5.41) is 0.577. The number of urea groups is 1. The summed E-state index contributed by atoms with van der Waals surface area (Å²) in [6.07, 6.45) is 0.972. The molecule has 4 amide bonds. The van der Waals surface area contributed by atoms with E-state index in [0.717, 1.165) is 15.9 Å². The molecule has 2 rings (SSSR count). The molecule has 1 aromatic rings. The molecule has 0 atom stereocenters. The Morgan fingerprint density at radius 1 is 1.21 bits per heavy atom. The number of benzene rings is 1. The number of halogens is 2. The first-order valence-corrected chi connectivity index (χ1v) is 5.96. The van der Waals surface area contributed by atoms with Gasteiger partial charge in [0.15, 0.2) is 0 Å². The molecule has 1 aliphatic heterocycles. The zero-order chi connectivity index (χ0) is 14.2. The van der Waals surface area contributed by atoms with E-state index in [4.69, 9.17) is 23.2 Å². The summed E-state index contributed by atoms with van der Waals surface area (Å²) in [5.74, 6) is -1.16. The lowest BCUT2D eigenvalue weighted by molar-refractivity contribution is -0.125. The fourth-order valence-electron chi connectivity index (χ4n) is 1.71. The Hall–Kier alpha value is -1.85. The third kappa shape index (κ3) is 2.47. The van der Waals surface area contributed by atoms with Crippen LogP contribution in [0.1, 0.15) is 0 Å². The van der Waals surface area contributed by atoms with Crippen molar-refractivity contribution < 1.29 is 14.4 Å². The summed E-state index contributed by atoms with van der Waals surface area (Å²) in [4.78, 5) is 36.9. The van der Waals surface area contributed by atoms with Gasteiger partial charge in [-0.15, -0.1) is 0 Å². The number of imide groups is 2. The second kappa shape index (κ2) is 5.03. The fourth-order valence-corrected chi connectivity index (χ4v) is 2.22. The third-order valence-corrected chi connectivity index (χ3v) is 2.95. The Labute approximate surface area is 119 Å². The summed E-state index contributed by atoms with van der Waals surface area (Å²) < 4.78 is 0. The maximum atomic E-state index is 12.0. The van der Waals surface area contributed by atoms with E-state index in [1.54, 1.807) is 0 Å². The minimum absolute atomic E-state index is 0.229. The van der Waals surface area contributed by atoms with E-state index < -0.39 is 17.8 Å². The quantitative estimate of drug-likeness (QED) is 0.622. The maximum absolute atomic E-state index is 12.0. The van der Waals surface area contributed by atoms with Crippen LogP contribution in [-0.4, -0.2) is 29.3 Å². The number of carbonyl (C=O) groups excluding carboxylic acids is 3. The molecule has 1 saturated heterocycles. The number of carbonyl (C=O) groups is 3. The minimum Gasteiger partial charge on any atom is -0.272 e. The first-order chi connectivity index (χ1) is 8.93. The van der Waals surface area contributed by atoms with Crippen LogP contribution in [0.15, 0.2) is 30.9 Å². The van der Waals surface area contributed by atoms with Gasteiger partial charge in [-0.2, -0.15) is 0 Å². The van der Waals surface area contributed by atoms with Crippen molar-refractivity contribution in [2.24, 2.45) is 0 Å². The van der Waals surface area contributed by atoms with Crippen molar-refractivity contribution >= 4 is 46.7 Å². The number of hydrogen-bond acceptors (Lipinski definition) is 3. The predicted octanol–water partition coefficient (Wildman–Crippen LogP) is 2.47. The van der Waals surface area contributed by atoms with Gasteiger partial charge in [-0.25, -0.2) is 9.69 Å². The van der Waals surface area contributed by atoms with Crippen LogP contribution in [-0.2, 0) is 9.59 Å². The van der Waals surface area contributed by atoms with Gasteiger partial charge in [-0.05, 0) is 24.3 Å². The average molecular weight is 299 g/mol. The van der Waals surface area contributed by atoms with Crippen LogP contribution in [0.5, 0.6) is 0 Å². The van der Waals surface area contributed by atoms with Crippen LogP contribution < -0.4 is 4.90 Å². The highest BCUT2D eigenvalue weighted by Gasteiger charge is 2.39. The Morgan fingerprint density at radius 2 is 1.79 bits per heavy atom. The molecule has 5 nitrogen and oxygen atoms in total. The summed E-state index contributed by atoms with van der Waals surface area (Å²) in [7, 11) is 0. The maximum Gasteiger partial charge on any atom is 0.338 e. The van der Waals surface area contributed by atoms with E-state index >= 15 is 0 Å². The van der Waals surface area contributed by atoms with E-state index in [1.165, 1.54) is 18.2 Å². The molecule has 1 aliphatic rings. The standard InChI is InChI=1S/C12H8Cl2N2O3/c1-2-10(17)15-6-11(18)16(12(15)19)9-4-7(13)3-8(14)5-9/h2-5H,1,6H2. The van der Waals surface area contributed by atoms with Gasteiger partial charge in [-0.3, -0.25) is 14.5 Å². The van der Waals surface area contributed by atoms with Gasteiger partial charge < -0.3 is 0 Å². The molecule has 0 unspecified atom stereocenters. The lowest BCUT2D eigenvalue weighted by Gasteiger charge is -2.15. The molecule has 0 spiro atoms. The summed E-state index contributed by atoms with van der Waals surface area (Å²) >= 11 is 11.6. The molecule has 98 valence electrons. The molecule has 0 aromatic heterocycles. The summed E-state index contributed by atoms with van der Waals surface area (Å²) in [6, 6.07) is 3.58. The van der Waals surface area contributed by atoms with E-state index in [2.05, 4.69) is 6.58 Å². The highest BCUT2D eigenvalue weighted by Crippen LogP contribution is 2.28. The molecule has 0 saturated carbocycles. The normalized spacial score (nSPS) is 15.1. The van der Waals surface area contributed by atoms with Crippen molar-refractivity contribution in [2.45, 2.75) is 0 Å². The summed E-state index contributed by atoms with van der Waals surface area (Å²) in [6.45, 7) is 2.95. The van der Waals surface area contributed by atoms with Gasteiger partial charge in [-0.1, -0.05) is 29.8 Å². The Morgan fingerprint density at radius 3 is 2.32 bits per heavy atom. The van der Waals surface area contributed by atoms with Crippen LogP contribution in [0.3, 0.4) is 0 Å². The lowest BCUT2D eigenvalue weighted by atomic mass is 10.3. The molecular weight excluding hydrogens is 291 g/mol. The van der Waals surface area contributed by atoms with Crippen molar-refractivity contribution in [3.8, 4) is 0 Å². The topological polar surface area (TPSA) is 57.7 Å². The van der Waals surface area contributed by atoms with Crippen LogP contribution >= 0.6 is 23.2 Å². The zero-order valence-corrected chi connectivity index (χ0v) is 11.1.